The third-order valence-corrected chi connectivity index (χ3v) is 6.32. The first-order valence-electron chi connectivity index (χ1n) is 11.9. The molecule has 0 bridgehead atoms. The molecule has 4 atom stereocenters. The van der Waals surface area contributed by atoms with Crippen LogP contribution in [0.25, 0.3) is 10.8 Å². The minimum absolute atomic E-state index is 0.222. The number of ether oxygens (including phenoxy) is 4. The maximum Gasteiger partial charge on any atom is 0.338 e. The van der Waals surface area contributed by atoms with Crippen LogP contribution < -0.4 is 10.3 Å². The van der Waals surface area contributed by atoms with Gasteiger partial charge >= 0.3 is 11.9 Å². The fourth-order valence-corrected chi connectivity index (χ4v) is 4.34. The molecule has 0 saturated carbocycles. The van der Waals surface area contributed by atoms with Gasteiger partial charge in [-0.15, -0.1) is 0 Å². The Morgan fingerprint density at radius 2 is 1.58 bits per heavy atom. The average molecular weight is 518 g/mol. The summed E-state index contributed by atoms with van der Waals surface area (Å²) in [4.78, 5) is 38.5. The van der Waals surface area contributed by atoms with Crippen molar-refractivity contribution in [1.82, 2.24) is 4.57 Å². The van der Waals surface area contributed by atoms with E-state index in [0.717, 1.165) is 4.57 Å². The predicted molar refractivity (Wildman–Crippen MR) is 136 cm³/mol. The lowest BCUT2D eigenvalue weighted by Crippen LogP contribution is -2.37. The van der Waals surface area contributed by atoms with Gasteiger partial charge in [-0.2, -0.15) is 0 Å². The van der Waals surface area contributed by atoms with Gasteiger partial charge in [-0.3, -0.25) is 9.36 Å². The SMILES string of the molecule is COc1ccc2c(=O)n([C@H]3O[C@H](COC(=O)c4ccccc4)[C@@H](OC(=O)c4ccccc4)[C@@H]3F)ccc2c1. The van der Waals surface area contributed by atoms with Crippen molar-refractivity contribution in [3.05, 3.63) is 113 Å². The molecule has 5 rings (SSSR count). The summed E-state index contributed by atoms with van der Waals surface area (Å²) < 4.78 is 39.0. The Kier molecular flexibility index (Phi) is 7.19. The predicted octanol–water partition coefficient (Wildman–Crippen LogP) is 4.33. The third-order valence-electron chi connectivity index (χ3n) is 6.32. The van der Waals surface area contributed by atoms with Gasteiger partial charge in [0.25, 0.3) is 5.56 Å². The Morgan fingerprint density at radius 3 is 2.24 bits per heavy atom. The second-order valence-electron chi connectivity index (χ2n) is 8.69. The number of halogens is 1. The molecule has 1 aromatic heterocycles. The number of nitrogens with zero attached hydrogens (tertiary/aromatic N) is 1. The number of pyridine rings is 1. The van der Waals surface area contributed by atoms with Gasteiger partial charge in [0.15, 0.2) is 18.5 Å². The fraction of sp³-hybridized carbons (Fsp3) is 0.207. The van der Waals surface area contributed by atoms with E-state index in [1.165, 1.54) is 25.4 Å². The number of methoxy groups -OCH3 is 1. The molecule has 0 radical (unpaired) electrons. The average Bonchev–Trinajstić information content (AvgIpc) is 3.26. The molecular formula is C29H24FNO7. The molecule has 8 nitrogen and oxygen atoms in total. The first-order chi connectivity index (χ1) is 18.5. The standard InChI is InChI=1S/C29H24FNO7/c1-35-21-12-13-22-20(16-21)14-15-31(26(22)32)27-24(30)25(38-29(34)19-10-6-3-7-11-19)23(37-27)17-36-28(33)18-8-4-2-5-9-18/h2-16,23-25,27H,17H2,1H3/t23-,24+,25-,27+/m1/s1. The molecule has 38 heavy (non-hydrogen) atoms. The number of benzene rings is 3. The van der Waals surface area contributed by atoms with Crippen molar-refractivity contribution >= 4 is 22.7 Å². The molecule has 0 unspecified atom stereocenters. The second kappa shape index (κ2) is 10.9. The van der Waals surface area contributed by atoms with Gasteiger partial charge in [0, 0.05) is 11.6 Å². The van der Waals surface area contributed by atoms with E-state index in [1.807, 2.05) is 0 Å². The Bertz CT molecular complexity index is 1510. The van der Waals surface area contributed by atoms with Crippen molar-refractivity contribution < 1.29 is 32.9 Å². The van der Waals surface area contributed by atoms with Crippen molar-refractivity contribution in [3.8, 4) is 5.75 Å². The molecule has 1 aliphatic heterocycles. The van der Waals surface area contributed by atoms with Crippen LogP contribution in [-0.2, 0) is 14.2 Å². The molecule has 1 aliphatic rings. The maximum absolute atomic E-state index is 15.9. The van der Waals surface area contributed by atoms with E-state index in [0.29, 0.717) is 22.1 Å². The van der Waals surface area contributed by atoms with E-state index in [9.17, 15) is 14.4 Å². The quantitative estimate of drug-likeness (QED) is 0.337. The maximum atomic E-state index is 15.9. The van der Waals surface area contributed by atoms with E-state index in [1.54, 1.807) is 72.8 Å². The number of fused-ring (bicyclic) bond motifs is 1. The van der Waals surface area contributed by atoms with Crippen LogP contribution in [0, 0.1) is 0 Å². The van der Waals surface area contributed by atoms with Gasteiger partial charge in [-0.05, 0) is 53.9 Å². The van der Waals surface area contributed by atoms with Crippen LogP contribution >= 0.6 is 0 Å². The van der Waals surface area contributed by atoms with E-state index >= 15 is 4.39 Å². The smallest absolute Gasteiger partial charge is 0.338 e. The largest absolute Gasteiger partial charge is 0.497 e. The van der Waals surface area contributed by atoms with Crippen molar-refractivity contribution in [3.63, 3.8) is 0 Å². The summed E-state index contributed by atoms with van der Waals surface area (Å²) in [6.45, 7) is -0.392. The summed E-state index contributed by atoms with van der Waals surface area (Å²) >= 11 is 0. The zero-order valence-electron chi connectivity index (χ0n) is 20.4. The molecule has 0 N–H and O–H groups in total. The highest BCUT2D eigenvalue weighted by Crippen LogP contribution is 2.34. The lowest BCUT2D eigenvalue weighted by molar-refractivity contribution is -0.0587. The number of hydrogen-bond acceptors (Lipinski definition) is 7. The minimum atomic E-state index is -1.92. The van der Waals surface area contributed by atoms with Crippen molar-refractivity contribution in [1.29, 1.82) is 0 Å². The lowest BCUT2D eigenvalue weighted by Gasteiger charge is -2.19. The van der Waals surface area contributed by atoms with Crippen LogP contribution in [0.15, 0.2) is 95.9 Å². The van der Waals surface area contributed by atoms with Crippen LogP contribution in [0.1, 0.15) is 26.9 Å². The molecule has 194 valence electrons. The van der Waals surface area contributed by atoms with Gasteiger partial charge < -0.3 is 18.9 Å². The molecular weight excluding hydrogens is 493 g/mol. The zero-order chi connectivity index (χ0) is 26.6. The summed E-state index contributed by atoms with van der Waals surface area (Å²) in [6, 6.07) is 22.9. The molecule has 3 aromatic carbocycles. The molecule has 2 heterocycles. The number of hydrogen-bond donors (Lipinski definition) is 0. The third kappa shape index (κ3) is 5.01. The second-order valence-corrected chi connectivity index (χ2v) is 8.69. The normalized spacial score (nSPS) is 20.7. The molecule has 9 heteroatoms. The number of esters is 2. The number of carbonyl (C=O) groups is 2. The molecule has 1 fully saturated rings. The van der Waals surface area contributed by atoms with Gasteiger partial charge in [-0.1, -0.05) is 36.4 Å². The summed E-state index contributed by atoms with van der Waals surface area (Å²) in [7, 11) is 1.52. The summed E-state index contributed by atoms with van der Waals surface area (Å²) in [5.74, 6) is -0.832. The van der Waals surface area contributed by atoms with E-state index < -0.39 is 48.7 Å². The number of rotatable bonds is 7. The lowest BCUT2D eigenvalue weighted by atomic mass is 10.1. The Labute approximate surface area is 217 Å². The van der Waals surface area contributed by atoms with Crippen LogP contribution in [0.2, 0.25) is 0 Å². The summed E-state index contributed by atoms with van der Waals surface area (Å²) in [5, 5.41) is 0.945. The highest BCUT2D eigenvalue weighted by Gasteiger charge is 2.49. The van der Waals surface area contributed by atoms with Crippen LogP contribution in [0.3, 0.4) is 0 Å². The zero-order valence-corrected chi connectivity index (χ0v) is 20.4. The summed E-state index contributed by atoms with van der Waals surface area (Å²) in [5.41, 5.74) is 0.0331. The van der Waals surface area contributed by atoms with Gasteiger partial charge in [0.05, 0.1) is 18.2 Å². The fourth-order valence-electron chi connectivity index (χ4n) is 4.34. The first-order valence-corrected chi connectivity index (χ1v) is 11.9. The molecule has 0 spiro atoms. The number of aromatic nitrogens is 1. The Balaban J connectivity index is 1.43. The monoisotopic (exact) mass is 517 g/mol. The topological polar surface area (TPSA) is 93.1 Å². The van der Waals surface area contributed by atoms with Crippen LogP contribution in [-0.4, -0.2) is 48.6 Å². The molecule has 0 aliphatic carbocycles. The van der Waals surface area contributed by atoms with E-state index in [2.05, 4.69) is 0 Å². The van der Waals surface area contributed by atoms with Gasteiger partial charge in [0.1, 0.15) is 18.5 Å². The highest BCUT2D eigenvalue weighted by atomic mass is 19.1. The Morgan fingerprint density at radius 1 is 0.921 bits per heavy atom. The molecule has 4 aromatic rings. The number of alkyl halides is 1. The molecule has 1 saturated heterocycles. The van der Waals surface area contributed by atoms with Crippen LogP contribution in [0.4, 0.5) is 4.39 Å². The van der Waals surface area contributed by atoms with Gasteiger partial charge in [0.2, 0.25) is 0 Å². The van der Waals surface area contributed by atoms with E-state index in [4.69, 9.17) is 18.9 Å². The molecule has 0 amide bonds. The summed E-state index contributed by atoms with van der Waals surface area (Å²) in [6.07, 6.45) is -4.52. The highest BCUT2D eigenvalue weighted by molar-refractivity contribution is 5.90. The van der Waals surface area contributed by atoms with E-state index in [-0.39, 0.29) is 5.56 Å². The van der Waals surface area contributed by atoms with Crippen molar-refractivity contribution in [2.45, 2.75) is 24.6 Å². The van der Waals surface area contributed by atoms with Gasteiger partial charge in [-0.25, -0.2) is 14.0 Å². The first kappa shape index (κ1) is 25.2. The van der Waals surface area contributed by atoms with Crippen LogP contribution in [0.5, 0.6) is 5.75 Å². The van der Waals surface area contributed by atoms with Crippen molar-refractivity contribution in [2.75, 3.05) is 13.7 Å². The number of carbonyl (C=O) groups excluding carboxylic acids is 2. The van der Waals surface area contributed by atoms with Crippen molar-refractivity contribution in [2.24, 2.45) is 0 Å². The minimum Gasteiger partial charge on any atom is -0.497 e. The Hall–Kier alpha value is -4.50.